The van der Waals surface area contributed by atoms with Gasteiger partial charge in [0.25, 0.3) is 5.91 Å². The molecule has 2 aliphatic rings. The molecule has 0 aliphatic carbocycles. The van der Waals surface area contributed by atoms with Crippen molar-refractivity contribution in [1.82, 2.24) is 0 Å². The summed E-state index contributed by atoms with van der Waals surface area (Å²) in [6.07, 6.45) is 0. The van der Waals surface area contributed by atoms with E-state index in [0.29, 0.717) is 22.5 Å². The summed E-state index contributed by atoms with van der Waals surface area (Å²) < 4.78 is 1.51. The number of anilines is 2. The van der Waals surface area contributed by atoms with Crippen molar-refractivity contribution >= 4 is 55.0 Å². The molecule has 2 aliphatic heterocycles. The van der Waals surface area contributed by atoms with E-state index in [-0.39, 0.29) is 5.91 Å². The Bertz CT molecular complexity index is 915. The number of aliphatic hydroxyl groups is 1. The Balaban J connectivity index is 1.97. The average molecular weight is 452 g/mol. The second kappa shape index (κ2) is 5.15. The summed E-state index contributed by atoms with van der Waals surface area (Å²) in [7, 11) is 1.60. The number of benzene rings is 2. The van der Waals surface area contributed by atoms with Crippen LogP contribution in [0.4, 0.5) is 11.4 Å². The quantitative estimate of drug-likeness (QED) is 0.699. The maximum Gasteiger partial charge on any atom is 0.264 e. The largest absolute Gasteiger partial charge is 0.374 e. The lowest BCUT2D eigenvalue weighted by atomic mass is 9.78. The normalized spacial score (nSPS) is 24.8. The topological polar surface area (TPSA) is 69.6 Å². The SMILES string of the molecule is CN1C(=O)[C@@](O)([C@@H]2C(=O)Nc3ccc(Br)cc32)c2cc(Br)ccc21. The van der Waals surface area contributed by atoms with E-state index in [2.05, 4.69) is 37.2 Å². The lowest BCUT2D eigenvalue weighted by molar-refractivity contribution is -0.143. The number of halogens is 2. The highest BCUT2D eigenvalue weighted by molar-refractivity contribution is 9.10. The van der Waals surface area contributed by atoms with Crippen LogP contribution >= 0.6 is 31.9 Å². The summed E-state index contributed by atoms with van der Waals surface area (Å²) >= 11 is 6.76. The monoisotopic (exact) mass is 450 g/mol. The van der Waals surface area contributed by atoms with Gasteiger partial charge in [0.2, 0.25) is 5.91 Å². The van der Waals surface area contributed by atoms with E-state index in [1.165, 1.54) is 4.90 Å². The van der Waals surface area contributed by atoms with Gasteiger partial charge in [-0.05, 0) is 42.0 Å². The number of fused-ring (bicyclic) bond motifs is 2. The molecule has 0 saturated carbocycles. The van der Waals surface area contributed by atoms with E-state index < -0.39 is 17.4 Å². The highest BCUT2D eigenvalue weighted by atomic mass is 79.9. The van der Waals surface area contributed by atoms with Crippen LogP contribution < -0.4 is 10.2 Å². The number of carbonyl (C=O) groups is 2. The molecule has 0 spiro atoms. The summed E-state index contributed by atoms with van der Waals surface area (Å²) in [5.41, 5.74) is 0.301. The Morgan fingerprint density at radius 3 is 2.54 bits per heavy atom. The van der Waals surface area contributed by atoms with E-state index >= 15 is 0 Å². The van der Waals surface area contributed by atoms with E-state index in [1.54, 1.807) is 43.4 Å². The highest BCUT2D eigenvalue weighted by Crippen LogP contribution is 2.52. The van der Waals surface area contributed by atoms with Crippen LogP contribution in [0.3, 0.4) is 0 Å². The fourth-order valence-electron chi connectivity index (χ4n) is 3.51. The lowest BCUT2D eigenvalue weighted by Crippen LogP contribution is -2.45. The molecule has 4 rings (SSSR count). The standard InChI is InChI=1S/C17H12Br2N2O3/c1-21-13-5-3-9(19)7-11(13)17(24,16(21)23)14-10-6-8(18)2-4-12(10)20-15(14)22/h2-7,14,24H,1H3,(H,20,22)/t14-,17-/m0/s1. The Morgan fingerprint density at radius 2 is 1.79 bits per heavy atom. The van der Waals surface area contributed by atoms with Crippen molar-refractivity contribution in [2.75, 3.05) is 17.3 Å². The van der Waals surface area contributed by atoms with Crippen molar-refractivity contribution in [3.8, 4) is 0 Å². The van der Waals surface area contributed by atoms with Gasteiger partial charge >= 0.3 is 0 Å². The Morgan fingerprint density at radius 1 is 1.12 bits per heavy atom. The second-order valence-electron chi connectivity index (χ2n) is 5.95. The molecule has 0 unspecified atom stereocenters. The van der Waals surface area contributed by atoms with Gasteiger partial charge in [0.05, 0.1) is 5.69 Å². The molecule has 0 bridgehead atoms. The van der Waals surface area contributed by atoms with Crippen LogP contribution in [-0.2, 0) is 15.2 Å². The molecule has 2 amide bonds. The number of nitrogens with zero attached hydrogens (tertiary/aromatic N) is 1. The summed E-state index contributed by atoms with van der Waals surface area (Å²) in [4.78, 5) is 26.9. The molecule has 0 fully saturated rings. The third-order valence-electron chi connectivity index (χ3n) is 4.62. The van der Waals surface area contributed by atoms with Crippen LogP contribution in [0.5, 0.6) is 0 Å². The third kappa shape index (κ3) is 1.95. The molecule has 2 N–H and O–H groups in total. The number of hydrogen-bond acceptors (Lipinski definition) is 3. The molecule has 0 saturated heterocycles. The maximum absolute atomic E-state index is 12.9. The molecule has 24 heavy (non-hydrogen) atoms. The zero-order valence-corrected chi connectivity index (χ0v) is 15.7. The second-order valence-corrected chi connectivity index (χ2v) is 7.78. The van der Waals surface area contributed by atoms with Gasteiger partial charge in [-0.2, -0.15) is 0 Å². The molecular weight excluding hydrogens is 440 g/mol. The van der Waals surface area contributed by atoms with Crippen LogP contribution in [-0.4, -0.2) is 24.0 Å². The van der Waals surface area contributed by atoms with E-state index in [4.69, 9.17) is 0 Å². The van der Waals surface area contributed by atoms with Crippen molar-refractivity contribution in [3.63, 3.8) is 0 Å². The number of carbonyl (C=O) groups excluding carboxylic acids is 2. The smallest absolute Gasteiger partial charge is 0.264 e. The van der Waals surface area contributed by atoms with Crippen molar-refractivity contribution in [3.05, 3.63) is 56.5 Å². The Labute approximate surface area is 154 Å². The third-order valence-corrected chi connectivity index (χ3v) is 5.61. The minimum absolute atomic E-state index is 0.389. The van der Waals surface area contributed by atoms with Crippen LogP contribution in [0.2, 0.25) is 0 Å². The van der Waals surface area contributed by atoms with Gasteiger partial charge in [0.1, 0.15) is 5.92 Å². The van der Waals surface area contributed by atoms with Gasteiger partial charge in [-0.1, -0.05) is 31.9 Å². The molecule has 122 valence electrons. The van der Waals surface area contributed by atoms with Crippen LogP contribution in [0.1, 0.15) is 17.0 Å². The molecule has 0 radical (unpaired) electrons. The van der Waals surface area contributed by atoms with Crippen molar-refractivity contribution in [2.24, 2.45) is 0 Å². The summed E-state index contributed by atoms with van der Waals surface area (Å²) in [6, 6.07) is 10.6. The molecule has 2 atom stereocenters. The highest BCUT2D eigenvalue weighted by Gasteiger charge is 2.59. The molecule has 2 heterocycles. The van der Waals surface area contributed by atoms with E-state index in [9.17, 15) is 14.7 Å². The van der Waals surface area contributed by atoms with Crippen LogP contribution in [0.15, 0.2) is 45.3 Å². The van der Waals surface area contributed by atoms with Gasteiger partial charge in [-0.3, -0.25) is 9.59 Å². The average Bonchev–Trinajstić information content (AvgIpc) is 2.96. The number of rotatable bonds is 1. The minimum Gasteiger partial charge on any atom is -0.374 e. The molecule has 2 aromatic rings. The van der Waals surface area contributed by atoms with E-state index in [0.717, 1.165) is 8.95 Å². The Kier molecular flexibility index (Phi) is 3.39. The first-order chi connectivity index (χ1) is 11.3. The van der Waals surface area contributed by atoms with Gasteiger partial charge in [-0.25, -0.2) is 0 Å². The maximum atomic E-state index is 12.9. The van der Waals surface area contributed by atoms with Crippen molar-refractivity contribution in [1.29, 1.82) is 0 Å². The van der Waals surface area contributed by atoms with Gasteiger partial charge in [-0.15, -0.1) is 0 Å². The molecule has 7 heteroatoms. The molecular formula is C17H12Br2N2O3. The summed E-state index contributed by atoms with van der Waals surface area (Å²) in [5, 5.41) is 14.2. The fourth-order valence-corrected chi connectivity index (χ4v) is 4.25. The van der Waals surface area contributed by atoms with Crippen molar-refractivity contribution in [2.45, 2.75) is 11.5 Å². The summed E-state index contributed by atoms with van der Waals surface area (Å²) in [5.74, 6) is -1.90. The van der Waals surface area contributed by atoms with Crippen LogP contribution in [0.25, 0.3) is 0 Å². The lowest BCUT2D eigenvalue weighted by Gasteiger charge is -2.27. The molecule has 5 nitrogen and oxygen atoms in total. The molecule has 0 aromatic heterocycles. The number of nitrogens with one attached hydrogen (secondary N) is 1. The predicted molar refractivity (Wildman–Crippen MR) is 97.0 cm³/mol. The zero-order chi connectivity index (χ0) is 17.2. The van der Waals surface area contributed by atoms with Gasteiger partial charge < -0.3 is 15.3 Å². The number of likely N-dealkylation sites (N-methyl/N-ethyl adjacent to an activating group) is 1. The first-order valence-electron chi connectivity index (χ1n) is 7.25. The van der Waals surface area contributed by atoms with Gasteiger partial charge in [0.15, 0.2) is 5.60 Å². The number of amides is 2. The van der Waals surface area contributed by atoms with E-state index in [1.807, 2.05) is 0 Å². The number of hydrogen-bond donors (Lipinski definition) is 2. The first kappa shape index (κ1) is 15.8. The van der Waals surface area contributed by atoms with Gasteiger partial charge in [0, 0.05) is 27.2 Å². The van der Waals surface area contributed by atoms with Crippen molar-refractivity contribution < 1.29 is 14.7 Å². The van der Waals surface area contributed by atoms with Crippen LogP contribution in [0, 0.1) is 0 Å². The summed E-state index contributed by atoms with van der Waals surface area (Å²) in [6.45, 7) is 0. The predicted octanol–water partition coefficient (Wildman–Crippen LogP) is 3.11. The fraction of sp³-hybridized carbons (Fsp3) is 0.176. The minimum atomic E-state index is -1.94. The first-order valence-corrected chi connectivity index (χ1v) is 8.83. The molecule has 2 aromatic carbocycles. The zero-order valence-electron chi connectivity index (χ0n) is 12.5. The Hall–Kier alpha value is -1.70.